The topological polar surface area (TPSA) is 114 Å². The average Bonchev–Trinajstić information content (AvgIpc) is 3.04. The van der Waals surface area contributed by atoms with Crippen LogP contribution in [0.2, 0.25) is 0 Å². The molecule has 2 aromatic rings. The number of carbonyl (C=O) groups excluding carboxylic acids is 1. The van der Waals surface area contributed by atoms with Crippen LogP contribution in [0.5, 0.6) is 0 Å². The molecule has 2 rings (SSSR count). The summed E-state index contributed by atoms with van der Waals surface area (Å²) in [5.74, 6) is -0.302. The Morgan fingerprint density at radius 2 is 2.30 bits per heavy atom. The van der Waals surface area contributed by atoms with Gasteiger partial charge in [0.1, 0.15) is 21.9 Å². The first-order valence-corrected chi connectivity index (χ1v) is 7.82. The Hall–Kier alpha value is -1.78. The SMILES string of the molecule is COC(=O)c1scc(C)c1S(=O)(=O)NCc1ncn[nH]1. The minimum Gasteiger partial charge on any atom is -0.465 e. The second-order valence-corrected chi connectivity index (χ2v) is 6.41. The second kappa shape index (κ2) is 5.69. The van der Waals surface area contributed by atoms with Crippen LogP contribution < -0.4 is 4.72 Å². The minimum absolute atomic E-state index is 0.0434. The van der Waals surface area contributed by atoms with Crippen molar-refractivity contribution in [1.29, 1.82) is 0 Å². The van der Waals surface area contributed by atoms with Gasteiger partial charge in [-0.25, -0.2) is 22.9 Å². The summed E-state index contributed by atoms with van der Waals surface area (Å²) in [4.78, 5) is 15.4. The fourth-order valence-corrected chi connectivity index (χ4v) is 4.24. The average molecular weight is 316 g/mol. The van der Waals surface area contributed by atoms with Crippen molar-refractivity contribution < 1.29 is 17.9 Å². The predicted molar refractivity (Wildman–Crippen MR) is 70.8 cm³/mol. The molecule has 0 aromatic carbocycles. The van der Waals surface area contributed by atoms with Gasteiger partial charge in [0.25, 0.3) is 0 Å². The third-order valence-corrected chi connectivity index (χ3v) is 5.25. The summed E-state index contributed by atoms with van der Waals surface area (Å²) < 4.78 is 31.5. The number of hydrogen-bond donors (Lipinski definition) is 2. The number of nitrogens with one attached hydrogen (secondary N) is 2. The Morgan fingerprint density at radius 3 is 2.90 bits per heavy atom. The van der Waals surface area contributed by atoms with E-state index in [0.29, 0.717) is 11.4 Å². The van der Waals surface area contributed by atoms with Crippen molar-refractivity contribution in [2.24, 2.45) is 0 Å². The van der Waals surface area contributed by atoms with Gasteiger partial charge in [-0.3, -0.25) is 5.10 Å². The van der Waals surface area contributed by atoms with Crippen LogP contribution in [0.4, 0.5) is 0 Å². The van der Waals surface area contributed by atoms with Gasteiger partial charge in [0.05, 0.1) is 13.7 Å². The van der Waals surface area contributed by atoms with Crippen molar-refractivity contribution in [3.8, 4) is 0 Å². The minimum atomic E-state index is -3.84. The normalized spacial score (nSPS) is 11.5. The van der Waals surface area contributed by atoms with Crippen LogP contribution in [0, 0.1) is 6.92 Å². The third kappa shape index (κ3) is 2.86. The summed E-state index contributed by atoms with van der Waals surface area (Å²) in [7, 11) is -2.63. The summed E-state index contributed by atoms with van der Waals surface area (Å²) in [6.45, 7) is 1.57. The highest BCUT2D eigenvalue weighted by Crippen LogP contribution is 2.27. The molecule has 8 nitrogen and oxygen atoms in total. The molecule has 108 valence electrons. The van der Waals surface area contributed by atoms with Crippen LogP contribution >= 0.6 is 11.3 Å². The van der Waals surface area contributed by atoms with Crippen LogP contribution in [0.15, 0.2) is 16.6 Å². The van der Waals surface area contributed by atoms with E-state index >= 15 is 0 Å². The first-order chi connectivity index (χ1) is 9.45. The fourth-order valence-electron chi connectivity index (χ4n) is 1.55. The third-order valence-electron chi connectivity index (χ3n) is 2.45. The van der Waals surface area contributed by atoms with Crippen molar-refractivity contribution in [3.05, 3.63) is 28.0 Å². The lowest BCUT2D eigenvalue weighted by Crippen LogP contribution is -2.25. The number of ether oxygens (including phenoxy) is 1. The lowest BCUT2D eigenvalue weighted by Gasteiger charge is -2.07. The van der Waals surface area contributed by atoms with E-state index in [1.165, 1.54) is 13.4 Å². The molecule has 0 fully saturated rings. The van der Waals surface area contributed by atoms with Crippen LogP contribution in [0.25, 0.3) is 0 Å². The lowest BCUT2D eigenvalue weighted by molar-refractivity contribution is 0.0602. The molecule has 0 saturated heterocycles. The molecule has 2 heterocycles. The number of methoxy groups -OCH3 is 1. The maximum absolute atomic E-state index is 12.3. The second-order valence-electron chi connectivity index (χ2n) is 3.83. The summed E-state index contributed by atoms with van der Waals surface area (Å²) in [5, 5.41) is 7.75. The molecule has 0 aliphatic heterocycles. The van der Waals surface area contributed by atoms with Gasteiger partial charge in [0.15, 0.2) is 0 Å². The number of thiophene rings is 1. The van der Waals surface area contributed by atoms with E-state index in [0.717, 1.165) is 11.3 Å². The van der Waals surface area contributed by atoms with E-state index in [1.807, 2.05) is 0 Å². The highest BCUT2D eigenvalue weighted by Gasteiger charge is 2.27. The molecule has 0 aliphatic rings. The Kier molecular flexibility index (Phi) is 4.16. The monoisotopic (exact) mass is 316 g/mol. The first kappa shape index (κ1) is 14.6. The first-order valence-electron chi connectivity index (χ1n) is 5.46. The van der Waals surface area contributed by atoms with E-state index < -0.39 is 16.0 Å². The van der Waals surface area contributed by atoms with Crippen LogP contribution in [0.3, 0.4) is 0 Å². The summed E-state index contributed by atoms with van der Waals surface area (Å²) in [6.07, 6.45) is 1.28. The maximum Gasteiger partial charge on any atom is 0.349 e. The molecule has 2 aromatic heterocycles. The van der Waals surface area contributed by atoms with Gasteiger partial charge in [0, 0.05) is 0 Å². The number of aromatic amines is 1. The predicted octanol–water partition coefficient (Wildman–Crippen LogP) is 0.440. The molecule has 10 heteroatoms. The smallest absolute Gasteiger partial charge is 0.349 e. The van der Waals surface area contributed by atoms with Crippen molar-refractivity contribution in [2.45, 2.75) is 18.4 Å². The molecule has 0 aliphatic carbocycles. The number of nitrogens with zero attached hydrogens (tertiary/aromatic N) is 2. The summed E-state index contributed by atoms with van der Waals surface area (Å²) >= 11 is 1.03. The molecular weight excluding hydrogens is 304 g/mol. The molecule has 2 N–H and O–H groups in total. The standard InChI is InChI=1S/C10H12N4O4S2/c1-6-4-19-8(10(15)18-2)9(6)20(16,17)13-3-7-11-5-12-14-7/h4-5,13H,3H2,1-2H3,(H,11,12,14). The zero-order valence-corrected chi connectivity index (χ0v) is 12.3. The van der Waals surface area contributed by atoms with Gasteiger partial charge in [-0.15, -0.1) is 11.3 Å². The molecule has 20 heavy (non-hydrogen) atoms. The van der Waals surface area contributed by atoms with Gasteiger partial charge < -0.3 is 4.74 Å². The molecule has 0 spiro atoms. The number of hydrogen-bond acceptors (Lipinski definition) is 7. The largest absolute Gasteiger partial charge is 0.465 e. The molecule has 0 unspecified atom stereocenters. The number of aromatic nitrogens is 3. The number of sulfonamides is 1. The Morgan fingerprint density at radius 1 is 1.55 bits per heavy atom. The van der Waals surface area contributed by atoms with Gasteiger partial charge in [-0.05, 0) is 17.9 Å². The van der Waals surface area contributed by atoms with E-state index in [4.69, 9.17) is 0 Å². The highest BCUT2D eigenvalue weighted by molar-refractivity contribution is 7.89. The van der Waals surface area contributed by atoms with Crippen LogP contribution in [0.1, 0.15) is 21.1 Å². The quantitative estimate of drug-likeness (QED) is 0.774. The fraction of sp³-hybridized carbons (Fsp3) is 0.300. The number of esters is 1. The van der Waals surface area contributed by atoms with Gasteiger partial charge in [0.2, 0.25) is 10.0 Å². The number of carbonyl (C=O) groups is 1. The van der Waals surface area contributed by atoms with Crippen LogP contribution in [-0.2, 0) is 21.3 Å². The van der Waals surface area contributed by atoms with Crippen LogP contribution in [-0.4, -0.2) is 36.7 Å². The van der Waals surface area contributed by atoms with Crippen molar-refractivity contribution >= 4 is 27.3 Å². The zero-order chi connectivity index (χ0) is 14.8. The van der Waals surface area contributed by atoms with E-state index in [9.17, 15) is 13.2 Å². The van der Waals surface area contributed by atoms with E-state index in [-0.39, 0.29) is 16.3 Å². The zero-order valence-electron chi connectivity index (χ0n) is 10.7. The van der Waals surface area contributed by atoms with E-state index in [1.54, 1.807) is 12.3 Å². The highest BCUT2D eigenvalue weighted by atomic mass is 32.2. The summed E-state index contributed by atoms with van der Waals surface area (Å²) in [6, 6.07) is 0. The van der Waals surface area contributed by atoms with Crippen molar-refractivity contribution in [1.82, 2.24) is 19.9 Å². The van der Waals surface area contributed by atoms with Gasteiger partial charge in [-0.1, -0.05) is 0 Å². The number of rotatable bonds is 5. The molecule has 0 saturated carbocycles. The Bertz CT molecular complexity index is 706. The number of aryl methyl sites for hydroxylation is 1. The van der Waals surface area contributed by atoms with E-state index in [2.05, 4.69) is 24.6 Å². The molecule has 0 amide bonds. The Labute approximate surface area is 119 Å². The van der Waals surface area contributed by atoms with Crippen molar-refractivity contribution in [3.63, 3.8) is 0 Å². The Balaban J connectivity index is 2.29. The molecule has 0 radical (unpaired) electrons. The number of H-pyrrole nitrogens is 1. The molecule has 0 atom stereocenters. The van der Waals surface area contributed by atoms with Gasteiger partial charge >= 0.3 is 5.97 Å². The summed E-state index contributed by atoms with van der Waals surface area (Å²) in [5.41, 5.74) is 0.487. The van der Waals surface area contributed by atoms with Crippen molar-refractivity contribution in [2.75, 3.05) is 7.11 Å². The lowest BCUT2D eigenvalue weighted by atomic mass is 10.3. The van der Waals surface area contributed by atoms with Gasteiger partial charge in [-0.2, -0.15) is 5.10 Å². The maximum atomic E-state index is 12.3. The molecule has 0 bridgehead atoms. The molecular formula is C10H12N4O4S2.